The summed E-state index contributed by atoms with van der Waals surface area (Å²) in [6.45, 7) is 1.97. The van der Waals surface area contributed by atoms with Gasteiger partial charge in [-0.3, -0.25) is 4.79 Å². The monoisotopic (exact) mass is 333 g/mol. The third-order valence-electron chi connectivity index (χ3n) is 1.92. The quantitative estimate of drug-likeness (QED) is 0.843. The number of carbonyl (C=O) groups is 1. The van der Waals surface area contributed by atoms with E-state index in [2.05, 4.69) is 37.2 Å². The first kappa shape index (κ1) is 12.7. The van der Waals surface area contributed by atoms with E-state index in [-0.39, 0.29) is 11.9 Å². The van der Waals surface area contributed by atoms with Gasteiger partial charge in [0.2, 0.25) is 5.91 Å². The van der Waals surface area contributed by atoms with Crippen LogP contribution in [0.4, 0.5) is 0 Å². The lowest BCUT2D eigenvalue weighted by atomic mass is 10.1. The highest BCUT2D eigenvalue weighted by Gasteiger charge is 2.06. The van der Waals surface area contributed by atoms with Gasteiger partial charge in [0.05, 0.1) is 6.42 Å². The van der Waals surface area contributed by atoms with Crippen LogP contribution in [-0.2, 0) is 11.2 Å². The average molecular weight is 335 g/mol. The molecule has 0 aromatic heterocycles. The maximum atomic E-state index is 11.5. The summed E-state index contributed by atoms with van der Waals surface area (Å²) in [5.41, 5.74) is 1.03. The molecule has 0 saturated heterocycles. The van der Waals surface area contributed by atoms with Crippen molar-refractivity contribution in [3.63, 3.8) is 0 Å². The van der Waals surface area contributed by atoms with Crippen molar-refractivity contribution < 1.29 is 4.79 Å². The van der Waals surface area contributed by atoms with Crippen molar-refractivity contribution in [2.45, 2.75) is 19.4 Å². The zero-order chi connectivity index (χ0) is 11.3. The minimum atomic E-state index is 0.0595. The van der Waals surface area contributed by atoms with Crippen molar-refractivity contribution in [2.75, 3.05) is 5.33 Å². The van der Waals surface area contributed by atoms with Gasteiger partial charge in [-0.25, -0.2) is 0 Å². The maximum absolute atomic E-state index is 11.5. The summed E-state index contributed by atoms with van der Waals surface area (Å²) in [5.74, 6) is 0.0595. The van der Waals surface area contributed by atoms with E-state index in [1.54, 1.807) is 0 Å². The van der Waals surface area contributed by atoms with Crippen LogP contribution in [0.25, 0.3) is 0 Å². The van der Waals surface area contributed by atoms with Crippen molar-refractivity contribution in [1.82, 2.24) is 5.32 Å². The molecule has 0 bridgehead atoms. The highest BCUT2D eigenvalue weighted by molar-refractivity contribution is 9.10. The van der Waals surface area contributed by atoms with E-state index in [1.807, 2.05) is 31.2 Å². The van der Waals surface area contributed by atoms with Gasteiger partial charge in [0.1, 0.15) is 0 Å². The molecular formula is C11H13Br2NO. The molecule has 1 N–H and O–H groups in total. The Balaban J connectivity index is 2.48. The number of nitrogens with one attached hydrogen (secondary N) is 1. The summed E-state index contributed by atoms with van der Waals surface area (Å²) in [6.07, 6.45) is 0.435. The molecule has 0 aliphatic carbocycles. The zero-order valence-corrected chi connectivity index (χ0v) is 11.6. The van der Waals surface area contributed by atoms with Crippen molar-refractivity contribution >= 4 is 37.8 Å². The summed E-state index contributed by atoms with van der Waals surface area (Å²) in [4.78, 5) is 11.5. The molecule has 0 aliphatic rings. The molecule has 1 aromatic rings. The van der Waals surface area contributed by atoms with E-state index in [9.17, 15) is 4.79 Å². The van der Waals surface area contributed by atoms with E-state index in [1.165, 1.54) is 0 Å². The lowest BCUT2D eigenvalue weighted by Crippen LogP contribution is -2.34. The third-order valence-corrected chi connectivity index (χ3v) is 3.42. The molecule has 1 aromatic carbocycles. The van der Waals surface area contributed by atoms with E-state index < -0.39 is 0 Å². The van der Waals surface area contributed by atoms with Gasteiger partial charge in [0.15, 0.2) is 0 Å². The van der Waals surface area contributed by atoms with E-state index in [0.717, 1.165) is 15.4 Å². The fourth-order valence-electron chi connectivity index (χ4n) is 1.15. The Labute approximate surface area is 107 Å². The second-order valence-corrected chi connectivity index (χ2v) is 4.99. The lowest BCUT2D eigenvalue weighted by molar-refractivity contribution is -0.120. The van der Waals surface area contributed by atoms with Gasteiger partial charge < -0.3 is 5.32 Å². The minimum absolute atomic E-state index is 0.0595. The predicted octanol–water partition coefficient (Wildman–Crippen LogP) is 2.89. The Morgan fingerprint density at radius 3 is 2.53 bits per heavy atom. The molecule has 1 atom stereocenters. The fourth-order valence-corrected chi connectivity index (χ4v) is 1.58. The van der Waals surface area contributed by atoms with Crippen LogP contribution >= 0.6 is 31.9 Å². The Morgan fingerprint density at radius 2 is 2.00 bits per heavy atom. The number of rotatable bonds is 4. The second kappa shape index (κ2) is 6.28. The van der Waals surface area contributed by atoms with Gasteiger partial charge >= 0.3 is 0 Å². The van der Waals surface area contributed by atoms with Crippen LogP contribution in [0.5, 0.6) is 0 Å². The summed E-state index contributed by atoms with van der Waals surface area (Å²) >= 11 is 6.67. The number of amides is 1. The van der Waals surface area contributed by atoms with Gasteiger partial charge in [0.25, 0.3) is 0 Å². The number of alkyl halides is 1. The summed E-state index contributed by atoms with van der Waals surface area (Å²) < 4.78 is 1.03. The van der Waals surface area contributed by atoms with Crippen LogP contribution in [0.1, 0.15) is 12.5 Å². The second-order valence-electron chi connectivity index (χ2n) is 3.43. The molecule has 1 amide bonds. The van der Waals surface area contributed by atoms with Crippen LogP contribution in [-0.4, -0.2) is 17.3 Å². The molecule has 1 rings (SSSR count). The SMILES string of the molecule is CC(CBr)NC(=O)Cc1ccc(Br)cc1. The molecule has 2 nitrogen and oxygen atoms in total. The van der Waals surface area contributed by atoms with Crippen molar-refractivity contribution in [2.24, 2.45) is 0 Å². The normalized spacial score (nSPS) is 12.2. The van der Waals surface area contributed by atoms with Crippen LogP contribution in [0, 0.1) is 0 Å². The molecule has 0 aliphatic heterocycles. The molecule has 1 unspecified atom stereocenters. The molecule has 0 fully saturated rings. The van der Waals surface area contributed by atoms with Gasteiger partial charge in [0, 0.05) is 15.8 Å². The topological polar surface area (TPSA) is 29.1 Å². The molecule has 0 spiro atoms. The zero-order valence-electron chi connectivity index (χ0n) is 8.47. The van der Waals surface area contributed by atoms with Crippen LogP contribution in [0.15, 0.2) is 28.7 Å². The number of carbonyl (C=O) groups excluding carboxylic acids is 1. The number of hydrogen-bond donors (Lipinski definition) is 1. The number of benzene rings is 1. The fraction of sp³-hybridized carbons (Fsp3) is 0.364. The summed E-state index contributed by atoms with van der Waals surface area (Å²) in [7, 11) is 0. The maximum Gasteiger partial charge on any atom is 0.224 e. The van der Waals surface area contributed by atoms with Crippen molar-refractivity contribution in [3.8, 4) is 0 Å². The van der Waals surface area contributed by atoms with Crippen molar-refractivity contribution in [3.05, 3.63) is 34.3 Å². The van der Waals surface area contributed by atoms with E-state index in [0.29, 0.717) is 6.42 Å². The molecular weight excluding hydrogens is 322 g/mol. The van der Waals surface area contributed by atoms with Crippen LogP contribution in [0.2, 0.25) is 0 Å². The molecule has 0 saturated carbocycles. The number of hydrogen-bond acceptors (Lipinski definition) is 1. The highest BCUT2D eigenvalue weighted by atomic mass is 79.9. The number of halogens is 2. The lowest BCUT2D eigenvalue weighted by Gasteiger charge is -2.10. The van der Waals surface area contributed by atoms with E-state index in [4.69, 9.17) is 0 Å². The van der Waals surface area contributed by atoms with Gasteiger partial charge in [-0.05, 0) is 24.6 Å². The smallest absolute Gasteiger partial charge is 0.224 e. The molecule has 0 radical (unpaired) electrons. The Morgan fingerprint density at radius 1 is 1.40 bits per heavy atom. The van der Waals surface area contributed by atoms with Crippen LogP contribution in [0.3, 0.4) is 0 Å². The Hall–Kier alpha value is -0.350. The molecule has 15 heavy (non-hydrogen) atoms. The van der Waals surface area contributed by atoms with Gasteiger partial charge in [-0.2, -0.15) is 0 Å². The predicted molar refractivity (Wildman–Crippen MR) is 69.2 cm³/mol. The Kier molecular flexibility index (Phi) is 5.32. The highest BCUT2D eigenvalue weighted by Crippen LogP contribution is 2.10. The summed E-state index contributed by atoms with van der Waals surface area (Å²) in [6, 6.07) is 7.95. The van der Waals surface area contributed by atoms with Gasteiger partial charge in [-0.15, -0.1) is 0 Å². The first-order valence-electron chi connectivity index (χ1n) is 4.71. The molecule has 0 heterocycles. The third kappa shape index (κ3) is 4.80. The Bertz CT molecular complexity index is 324. The van der Waals surface area contributed by atoms with Crippen LogP contribution < -0.4 is 5.32 Å². The standard InChI is InChI=1S/C11H13Br2NO/c1-8(7-12)14-11(15)6-9-2-4-10(13)5-3-9/h2-5,8H,6-7H2,1H3,(H,14,15). The average Bonchev–Trinajstić information content (AvgIpc) is 2.21. The first-order chi connectivity index (χ1) is 7.11. The molecule has 82 valence electrons. The summed E-state index contributed by atoms with van der Waals surface area (Å²) in [5, 5.41) is 3.67. The largest absolute Gasteiger partial charge is 0.353 e. The van der Waals surface area contributed by atoms with Crippen molar-refractivity contribution in [1.29, 1.82) is 0 Å². The van der Waals surface area contributed by atoms with E-state index >= 15 is 0 Å². The minimum Gasteiger partial charge on any atom is -0.353 e. The van der Waals surface area contributed by atoms with Gasteiger partial charge in [-0.1, -0.05) is 44.0 Å². The first-order valence-corrected chi connectivity index (χ1v) is 6.63. The molecule has 4 heteroatoms.